The molecule has 2 aliphatic heterocycles. The molecule has 4 rings (SSSR count). The van der Waals surface area contributed by atoms with Crippen molar-refractivity contribution in [2.45, 2.75) is 84.6 Å². The Labute approximate surface area is 189 Å². The second-order valence-corrected chi connectivity index (χ2v) is 11.2. The van der Waals surface area contributed by atoms with Crippen molar-refractivity contribution in [3.05, 3.63) is 24.1 Å². The lowest BCUT2D eigenvalue weighted by Gasteiger charge is -2.44. The Morgan fingerprint density at radius 3 is 2.41 bits per heavy atom. The molecule has 7 nitrogen and oxygen atoms in total. The first-order chi connectivity index (χ1) is 14.7. The van der Waals surface area contributed by atoms with Crippen LogP contribution in [0, 0.1) is 11.2 Å². The number of benzene rings is 1. The number of aromatic nitrogens is 2. The average molecular weight is 445 g/mol. The number of hydrogen-bond acceptors (Lipinski definition) is 4. The van der Waals surface area contributed by atoms with Gasteiger partial charge in [-0.15, -0.1) is 0 Å². The zero-order chi connectivity index (χ0) is 23.6. The van der Waals surface area contributed by atoms with Gasteiger partial charge in [0.15, 0.2) is 5.82 Å². The van der Waals surface area contributed by atoms with Crippen molar-refractivity contribution in [3.63, 3.8) is 0 Å². The summed E-state index contributed by atoms with van der Waals surface area (Å²) in [6, 6.07) is 3.17. The van der Waals surface area contributed by atoms with Crippen LogP contribution in [0.3, 0.4) is 0 Å². The predicted molar refractivity (Wildman–Crippen MR) is 122 cm³/mol. The van der Waals surface area contributed by atoms with Gasteiger partial charge in [-0.25, -0.2) is 9.18 Å². The van der Waals surface area contributed by atoms with Crippen molar-refractivity contribution in [1.29, 1.82) is 0 Å². The predicted octanol–water partition coefficient (Wildman–Crippen LogP) is 4.20. The zero-order valence-corrected chi connectivity index (χ0v) is 20.0. The Morgan fingerprint density at radius 2 is 1.84 bits per heavy atom. The Bertz CT molecular complexity index is 1030. The molecule has 174 valence electrons. The lowest BCUT2D eigenvalue weighted by molar-refractivity contribution is 0.00578. The number of nitrogens with zero attached hydrogens (tertiary/aromatic N) is 3. The highest BCUT2D eigenvalue weighted by Gasteiger charge is 2.52. The minimum absolute atomic E-state index is 0.00178. The summed E-state index contributed by atoms with van der Waals surface area (Å²) >= 11 is 0. The van der Waals surface area contributed by atoms with Gasteiger partial charge in [-0.3, -0.25) is 4.68 Å². The molecule has 1 N–H and O–H groups in total. The van der Waals surface area contributed by atoms with Crippen LogP contribution in [-0.2, 0) is 9.31 Å². The van der Waals surface area contributed by atoms with E-state index in [9.17, 15) is 9.90 Å². The van der Waals surface area contributed by atoms with Gasteiger partial charge in [-0.2, -0.15) is 5.10 Å². The Morgan fingerprint density at radius 1 is 1.22 bits per heavy atom. The summed E-state index contributed by atoms with van der Waals surface area (Å²) in [5.74, 6) is -0.415. The molecular weight excluding hydrogens is 412 g/mol. The number of hydrogen-bond donors (Lipinski definition) is 1. The van der Waals surface area contributed by atoms with E-state index < -0.39 is 30.2 Å². The van der Waals surface area contributed by atoms with Gasteiger partial charge in [0, 0.05) is 24.2 Å². The number of likely N-dealkylation sites (tertiary alicyclic amines) is 1. The molecule has 1 aromatic heterocycles. The largest absolute Gasteiger partial charge is 0.494 e. The fourth-order valence-electron chi connectivity index (χ4n) is 4.67. The van der Waals surface area contributed by atoms with Gasteiger partial charge in [0.05, 0.1) is 17.2 Å². The fourth-order valence-corrected chi connectivity index (χ4v) is 4.67. The highest BCUT2D eigenvalue weighted by atomic mass is 19.1. The van der Waals surface area contributed by atoms with E-state index in [1.165, 1.54) is 11.0 Å². The summed E-state index contributed by atoms with van der Waals surface area (Å²) in [5, 5.41) is 14.8. The molecule has 2 aliphatic rings. The third kappa shape index (κ3) is 3.90. The second kappa shape index (κ2) is 7.45. The first kappa shape index (κ1) is 23.0. The van der Waals surface area contributed by atoms with E-state index in [0.717, 1.165) is 0 Å². The fraction of sp³-hybridized carbons (Fsp3) is 0.652. The van der Waals surface area contributed by atoms with E-state index in [0.29, 0.717) is 35.8 Å². The Balaban J connectivity index is 1.63. The van der Waals surface area contributed by atoms with Gasteiger partial charge in [0.1, 0.15) is 5.52 Å². The quantitative estimate of drug-likeness (QED) is 0.702. The smallest absolute Gasteiger partial charge is 0.465 e. The first-order valence-corrected chi connectivity index (χ1v) is 11.2. The molecule has 2 fully saturated rings. The zero-order valence-electron chi connectivity index (χ0n) is 20.0. The van der Waals surface area contributed by atoms with Crippen LogP contribution in [0.15, 0.2) is 18.3 Å². The molecule has 0 saturated carbocycles. The van der Waals surface area contributed by atoms with E-state index in [1.807, 2.05) is 60.7 Å². The van der Waals surface area contributed by atoms with E-state index in [1.54, 1.807) is 4.68 Å². The lowest BCUT2D eigenvalue weighted by Crippen LogP contribution is -2.51. The summed E-state index contributed by atoms with van der Waals surface area (Å²) < 4.78 is 29.0. The van der Waals surface area contributed by atoms with Crippen molar-refractivity contribution in [3.8, 4) is 0 Å². The topological polar surface area (TPSA) is 76.8 Å². The monoisotopic (exact) mass is 445 g/mol. The van der Waals surface area contributed by atoms with Crippen molar-refractivity contribution in [1.82, 2.24) is 14.7 Å². The SMILES string of the molecule is CC(C)(C)C1CC(n2cc3cc(B4OC(C)(C)C(C)(C)O4)cc(F)c3n2)CCN1C(=O)O. The van der Waals surface area contributed by atoms with Crippen molar-refractivity contribution in [2.24, 2.45) is 5.41 Å². The number of carbonyl (C=O) groups is 1. The summed E-state index contributed by atoms with van der Waals surface area (Å²) in [4.78, 5) is 13.2. The van der Waals surface area contributed by atoms with Crippen LogP contribution in [-0.4, -0.2) is 56.8 Å². The molecule has 3 heterocycles. The van der Waals surface area contributed by atoms with Gasteiger partial charge in [-0.05, 0) is 57.5 Å². The molecule has 0 aliphatic carbocycles. The van der Waals surface area contributed by atoms with Crippen molar-refractivity contribution < 1.29 is 23.6 Å². The van der Waals surface area contributed by atoms with E-state index in [-0.39, 0.29) is 17.5 Å². The molecule has 0 bridgehead atoms. The average Bonchev–Trinajstić information content (AvgIpc) is 3.19. The number of carboxylic acid groups (broad SMARTS) is 1. The molecule has 2 saturated heterocycles. The maximum absolute atomic E-state index is 15.0. The highest BCUT2D eigenvalue weighted by Crippen LogP contribution is 2.38. The molecule has 2 atom stereocenters. The number of piperidine rings is 1. The number of halogens is 1. The third-order valence-corrected chi connectivity index (χ3v) is 7.32. The molecule has 2 aromatic rings. The molecule has 0 radical (unpaired) electrons. The summed E-state index contributed by atoms with van der Waals surface area (Å²) in [6.07, 6.45) is 2.23. The molecule has 2 unspecified atom stereocenters. The van der Waals surface area contributed by atoms with Crippen LogP contribution in [0.1, 0.15) is 67.3 Å². The van der Waals surface area contributed by atoms with E-state index in [2.05, 4.69) is 5.10 Å². The van der Waals surface area contributed by atoms with Gasteiger partial charge < -0.3 is 19.3 Å². The molecule has 1 amide bonds. The second-order valence-electron chi connectivity index (χ2n) is 11.2. The number of fused-ring (bicyclic) bond motifs is 1. The minimum atomic E-state index is -0.896. The molecule has 9 heteroatoms. The van der Waals surface area contributed by atoms with Crippen molar-refractivity contribution >= 4 is 29.6 Å². The summed E-state index contributed by atoms with van der Waals surface area (Å²) in [7, 11) is -0.647. The van der Waals surface area contributed by atoms with Gasteiger partial charge in [0.2, 0.25) is 0 Å². The molecule has 32 heavy (non-hydrogen) atoms. The highest BCUT2D eigenvalue weighted by molar-refractivity contribution is 6.62. The maximum Gasteiger partial charge on any atom is 0.494 e. The van der Waals surface area contributed by atoms with Gasteiger partial charge in [-0.1, -0.05) is 26.8 Å². The van der Waals surface area contributed by atoms with Gasteiger partial charge >= 0.3 is 13.2 Å². The van der Waals surface area contributed by atoms with Crippen LogP contribution >= 0.6 is 0 Å². The Hall–Kier alpha value is -2.13. The van der Waals surface area contributed by atoms with Crippen molar-refractivity contribution in [2.75, 3.05) is 6.54 Å². The molecule has 0 spiro atoms. The Kier molecular flexibility index (Phi) is 5.37. The minimum Gasteiger partial charge on any atom is -0.465 e. The maximum atomic E-state index is 15.0. The summed E-state index contributed by atoms with van der Waals surface area (Å²) in [6.45, 7) is 14.4. The third-order valence-electron chi connectivity index (χ3n) is 7.32. The van der Waals surface area contributed by atoms with E-state index >= 15 is 4.39 Å². The number of amides is 1. The van der Waals surface area contributed by atoms with Crippen LogP contribution in [0.25, 0.3) is 10.9 Å². The van der Waals surface area contributed by atoms with Crippen LogP contribution in [0.2, 0.25) is 0 Å². The molecule has 1 aromatic carbocycles. The van der Waals surface area contributed by atoms with Crippen LogP contribution in [0.5, 0.6) is 0 Å². The number of rotatable bonds is 2. The van der Waals surface area contributed by atoms with E-state index in [4.69, 9.17) is 9.31 Å². The molecular formula is C23H33BFN3O4. The van der Waals surface area contributed by atoms with Gasteiger partial charge in [0.25, 0.3) is 0 Å². The first-order valence-electron chi connectivity index (χ1n) is 11.2. The summed E-state index contributed by atoms with van der Waals surface area (Å²) in [5.41, 5.74) is -0.292. The van der Waals surface area contributed by atoms with Crippen LogP contribution < -0.4 is 5.46 Å². The standard InChI is InChI=1S/C23H33BFN3O4/c1-21(2,3)18-12-16(8-9-27(18)20(29)30)28-13-14-10-15(11-17(25)19(14)26-28)24-31-22(4,5)23(6,7)32-24/h10-11,13,16,18H,8-9,12H2,1-7H3,(H,29,30). The van der Waals surface area contributed by atoms with Crippen LogP contribution in [0.4, 0.5) is 9.18 Å². The lowest BCUT2D eigenvalue weighted by atomic mass is 9.78. The normalized spacial score (nSPS) is 25.5.